The third-order valence-corrected chi connectivity index (χ3v) is 5.48. The first-order valence-corrected chi connectivity index (χ1v) is 9.57. The fourth-order valence-corrected chi connectivity index (χ4v) is 3.93. The minimum Gasteiger partial charge on any atom is -0.350 e. The Labute approximate surface area is 155 Å². The summed E-state index contributed by atoms with van der Waals surface area (Å²) in [4.78, 5) is 29.9. The van der Waals surface area contributed by atoms with Gasteiger partial charge in [-0.2, -0.15) is 10.1 Å². The summed E-state index contributed by atoms with van der Waals surface area (Å²) >= 11 is 3.12. The third kappa shape index (κ3) is 3.16. The van der Waals surface area contributed by atoms with Crippen molar-refractivity contribution >= 4 is 33.5 Å². The highest BCUT2D eigenvalue weighted by atomic mass is 32.1. The molecule has 132 valence electrons. The normalized spacial score (nSPS) is 11.1. The van der Waals surface area contributed by atoms with Crippen LogP contribution < -0.4 is 10.9 Å². The summed E-state index contributed by atoms with van der Waals surface area (Å²) in [5, 5.41) is 15.3. The maximum atomic E-state index is 12.1. The molecular weight excluding hydrogens is 372 g/mol. The Balaban J connectivity index is 1.44. The molecule has 0 aromatic carbocycles. The Morgan fingerprint density at radius 3 is 2.88 bits per heavy atom. The van der Waals surface area contributed by atoms with Gasteiger partial charge in [-0.1, -0.05) is 6.07 Å². The maximum Gasteiger partial charge on any atom is 0.271 e. The Kier molecular flexibility index (Phi) is 4.35. The lowest BCUT2D eigenvalue weighted by Gasteiger charge is -2.04. The number of fused-ring (bicyclic) bond motifs is 1. The molecule has 4 rings (SSSR count). The van der Waals surface area contributed by atoms with E-state index in [1.54, 1.807) is 11.3 Å². The molecule has 4 aromatic rings. The van der Waals surface area contributed by atoms with Gasteiger partial charge in [0.05, 0.1) is 10.6 Å². The van der Waals surface area contributed by atoms with E-state index in [4.69, 9.17) is 0 Å². The van der Waals surface area contributed by atoms with Crippen molar-refractivity contribution in [2.75, 3.05) is 6.54 Å². The van der Waals surface area contributed by atoms with E-state index >= 15 is 0 Å². The molecule has 10 heteroatoms. The van der Waals surface area contributed by atoms with Gasteiger partial charge in [0.2, 0.25) is 4.96 Å². The average Bonchev–Trinajstić information content (AvgIpc) is 3.34. The molecule has 1 N–H and O–H groups in total. The fraction of sp³-hybridized carbons (Fsp3) is 0.188. The zero-order chi connectivity index (χ0) is 18.1. The molecule has 26 heavy (non-hydrogen) atoms. The number of amides is 1. The number of nitrogens with one attached hydrogen (secondary N) is 1. The summed E-state index contributed by atoms with van der Waals surface area (Å²) in [6, 6.07) is 6.71. The van der Waals surface area contributed by atoms with Gasteiger partial charge in [0.15, 0.2) is 5.82 Å². The summed E-state index contributed by atoms with van der Waals surface area (Å²) in [6.45, 7) is 0.434. The molecule has 4 aromatic heterocycles. The summed E-state index contributed by atoms with van der Waals surface area (Å²) in [7, 11) is 1.51. The monoisotopic (exact) mass is 386 g/mol. The van der Waals surface area contributed by atoms with Crippen LogP contribution in [0.15, 0.2) is 39.8 Å². The predicted molar refractivity (Wildman–Crippen MR) is 99.7 cm³/mol. The van der Waals surface area contributed by atoms with Crippen LogP contribution in [-0.2, 0) is 13.5 Å². The van der Waals surface area contributed by atoms with E-state index in [0.29, 0.717) is 18.8 Å². The van der Waals surface area contributed by atoms with E-state index in [2.05, 4.69) is 20.5 Å². The van der Waals surface area contributed by atoms with Crippen LogP contribution in [0.25, 0.3) is 15.7 Å². The highest BCUT2D eigenvalue weighted by Crippen LogP contribution is 2.24. The van der Waals surface area contributed by atoms with Crippen molar-refractivity contribution in [2.45, 2.75) is 6.42 Å². The third-order valence-electron chi connectivity index (χ3n) is 3.75. The van der Waals surface area contributed by atoms with Gasteiger partial charge in [-0.05, 0) is 17.5 Å². The van der Waals surface area contributed by atoms with Crippen molar-refractivity contribution in [2.24, 2.45) is 7.05 Å². The van der Waals surface area contributed by atoms with Crippen molar-refractivity contribution < 1.29 is 4.79 Å². The number of carbonyl (C=O) groups excluding carboxylic acids is 1. The van der Waals surface area contributed by atoms with Crippen LogP contribution in [0.3, 0.4) is 0 Å². The van der Waals surface area contributed by atoms with Crippen molar-refractivity contribution in [1.29, 1.82) is 0 Å². The van der Waals surface area contributed by atoms with Gasteiger partial charge < -0.3 is 5.32 Å². The Morgan fingerprint density at radius 2 is 2.12 bits per heavy atom. The Hall–Kier alpha value is -2.85. The predicted octanol–water partition coefficient (Wildman–Crippen LogP) is 1.59. The molecule has 4 heterocycles. The van der Waals surface area contributed by atoms with E-state index in [0.717, 1.165) is 20.2 Å². The van der Waals surface area contributed by atoms with Crippen molar-refractivity contribution in [1.82, 2.24) is 29.7 Å². The lowest BCUT2D eigenvalue weighted by molar-refractivity contribution is 0.0946. The van der Waals surface area contributed by atoms with Crippen LogP contribution in [0.4, 0.5) is 0 Å². The first-order valence-electron chi connectivity index (χ1n) is 7.81. The summed E-state index contributed by atoms with van der Waals surface area (Å²) in [5.74, 6) is 0.400. The van der Waals surface area contributed by atoms with Gasteiger partial charge in [-0.15, -0.1) is 27.8 Å². The lowest BCUT2D eigenvalue weighted by atomic mass is 10.3. The zero-order valence-corrected chi connectivity index (χ0v) is 15.4. The van der Waals surface area contributed by atoms with Crippen LogP contribution in [0, 0.1) is 0 Å². The first-order chi connectivity index (χ1) is 12.6. The highest BCUT2D eigenvalue weighted by Gasteiger charge is 2.13. The van der Waals surface area contributed by atoms with Gasteiger partial charge in [0.1, 0.15) is 5.69 Å². The van der Waals surface area contributed by atoms with Gasteiger partial charge >= 0.3 is 0 Å². The quantitative estimate of drug-likeness (QED) is 0.562. The molecule has 0 aliphatic heterocycles. The van der Waals surface area contributed by atoms with E-state index in [1.165, 1.54) is 30.5 Å². The second kappa shape index (κ2) is 6.81. The Morgan fingerprint density at radius 1 is 1.23 bits per heavy atom. The standard InChI is InChI=1S/C16H14N6O2S2/c1-21-13(23)5-4-11(19-21)15(24)17-7-6-10-9-26-16-18-14(20-22(10)16)12-3-2-8-25-12/h2-5,8-9H,6-7H2,1H3,(H,17,24). The van der Waals surface area contributed by atoms with E-state index in [9.17, 15) is 9.59 Å². The number of carbonyl (C=O) groups is 1. The molecule has 0 saturated carbocycles. The zero-order valence-electron chi connectivity index (χ0n) is 13.7. The van der Waals surface area contributed by atoms with Crippen molar-refractivity contribution in [3.63, 3.8) is 0 Å². The molecule has 0 radical (unpaired) electrons. The van der Waals surface area contributed by atoms with Crippen LogP contribution >= 0.6 is 22.7 Å². The van der Waals surface area contributed by atoms with Gasteiger partial charge in [-0.3, -0.25) is 9.59 Å². The van der Waals surface area contributed by atoms with Crippen molar-refractivity contribution in [3.05, 3.63) is 56.8 Å². The SMILES string of the molecule is Cn1nc(C(=O)NCCc2csc3nc(-c4cccs4)nn23)ccc1=O. The molecular formula is C16H14N6O2S2. The summed E-state index contributed by atoms with van der Waals surface area (Å²) in [5.41, 5.74) is 0.937. The lowest BCUT2D eigenvalue weighted by Crippen LogP contribution is -2.29. The maximum absolute atomic E-state index is 12.1. The second-order valence-corrected chi connectivity index (χ2v) is 7.30. The number of rotatable bonds is 5. The van der Waals surface area contributed by atoms with Gasteiger partial charge in [-0.25, -0.2) is 9.20 Å². The minimum absolute atomic E-state index is 0.211. The number of thiophene rings is 1. The first kappa shape index (κ1) is 16.6. The number of thiazole rings is 1. The van der Waals surface area contributed by atoms with E-state index < -0.39 is 0 Å². The highest BCUT2D eigenvalue weighted by molar-refractivity contribution is 7.15. The average molecular weight is 386 g/mol. The number of aryl methyl sites for hydroxylation is 1. The second-order valence-electron chi connectivity index (χ2n) is 5.52. The number of aromatic nitrogens is 5. The molecule has 0 spiro atoms. The molecule has 0 aliphatic rings. The molecule has 0 bridgehead atoms. The molecule has 8 nitrogen and oxygen atoms in total. The molecule has 0 unspecified atom stereocenters. The molecule has 1 amide bonds. The van der Waals surface area contributed by atoms with Crippen LogP contribution in [-0.4, -0.2) is 36.8 Å². The van der Waals surface area contributed by atoms with E-state index in [1.807, 2.05) is 27.4 Å². The van der Waals surface area contributed by atoms with E-state index in [-0.39, 0.29) is 17.2 Å². The topological polar surface area (TPSA) is 94.2 Å². The molecule has 0 fully saturated rings. The van der Waals surface area contributed by atoms with Crippen LogP contribution in [0.2, 0.25) is 0 Å². The Bertz CT molecular complexity index is 1130. The minimum atomic E-state index is -0.315. The number of nitrogens with zero attached hydrogens (tertiary/aromatic N) is 5. The molecule has 0 saturated heterocycles. The van der Waals surface area contributed by atoms with Gasteiger partial charge in [0, 0.05) is 31.5 Å². The van der Waals surface area contributed by atoms with Gasteiger partial charge in [0.25, 0.3) is 11.5 Å². The largest absolute Gasteiger partial charge is 0.350 e. The van der Waals surface area contributed by atoms with Crippen molar-refractivity contribution in [3.8, 4) is 10.7 Å². The smallest absolute Gasteiger partial charge is 0.271 e. The van der Waals surface area contributed by atoms with Crippen LogP contribution in [0.1, 0.15) is 16.2 Å². The summed E-state index contributed by atoms with van der Waals surface area (Å²) < 4.78 is 2.95. The molecule has 0 atom stereocenters. The summed E-state index contributed by atoms with van der Waals surface area (Å²) in [6.07, 6.45) is 0.616. The number of hydrogen-bond donors (Lipinski definition) is 1. The molecule has 0 aliphatic carbocycles. The van der Waals surface area contributed by atoms with Crippen LogP contribution in [0.5, 0.6) is 0 Å². The fourth-order valence-electron chi connectivity index (χ4n) is 2.42. The number of hydrogen-bond acceptors (Lipinski definition) is 7.